The SMILES string of the molecule is COc1ccc(CCC(C)CCN)c(Cl)c1. The molecule has 16 heavy (non-hydrogen) atoms. The highest BCUT2D eigenvalue weighted by atomic mass is 35.5. The van der Waals surface area contributed by atoms with E-state index in [-0.39, 0.29) is 0 Å². The Morgan fingerprint density at radius 2 is 2.12 bits per heavy atom. The van der Waals surface area contributed by atoms with Gasteiger partial charge in [0.15, 0.2) is 0 Å². The third kappa shape index (κ3) is 4.03. The Balaban J connectivity index is 2.54. The Labute approximate surface area is 103 Å². The second-order valence-corrected chi connectivity index (χ2v) is 4.59. The molecule has 0 radical (unpaired) electrons. The van der Waals surface area contributed by atoms with E-state index >= 15 is 0 Å². The van der Waals surface area contributed by atoms with E-state index in [4.69, 9.17) is 22.1 Å². The highest BCUT2D eigenvalue weighted by Crippen LogP contribution is 2.24. The number of hydrogen-bond acceptors (Lipinski definition) is 2. The van der Waals surface area contributed by atoms with Crippen LogP contribution in [0.15, 0.2) is 18.2 Å². The first-order valence-electron chi connectivity index (χ1n) is 5.70. The topological polar surface area (TPSA) is 35.2 Å². The minimum atomic E-state index is 0.656. The first-order chi connectivity index (χ1) is 7.67. The minimum Gasteiger partial charge on any atom is -0.497 e. The van der Waals surface area contributed by atoms with Crippen LogP contribution in [-0.4, -0.2) is 13.7 Å². The monoisotopic (exact) mass is 241 g/mol. The molecule has 0 aliphatic rings. The first-order valence-corrected chi connectivity index (χ1v) is 6.07. The molecular formula is C13H20ClNO. The molecule has 2 nitrogen and oxygen atoms in total. The molecule has 0 amide bonds. The van der Waals surface area contributed by atoms with Crippen molar-refractivity contribution in [1.29, 1.82) is 0 Å². The smallest absolute Gasteiger partial charge is 0.120 e. The third-order valence-electron chi connectivity index (χ3n) is 2.83. The number of halogens is 1. The van der Waals surface area contributed by atoms with Crippen LogP contribution in [-0.2, 0) is 6.42 Å². The van der Waals surface area contributed by atoms with Gasteiger partial charge < -0.3 is 10.5 Å². The summed E-state index contributed by atoms with van der Waals surface area (Å²) >= 11 is 6.16. The van der Waals surface area contributed by atoms with Gasteiger partial charge >= 0.3 is 0 Å². The normalized spacial score (nSPS) is 12.5. The maximum Gasteiger partial charge on any atom is 0.120 e. The summed E-state index contributed by atoms with van der Waals surface area (Å²) in [5.41, 5.74) is 6.71. The Hall–Kier alpha value is -0.730. The van der Waals surface area contributed by atoms with E-state index in [0.29, 0.717) is 5.92 Å². The van der Waals surface area contributed by atoms with Crippen LogP contribution in [0.1, 0.15) is 25.3 Å². The number of ether oxygens (including phenoxy) is 1. The number of methoxy groups -OCH3 is 1. The summed E-state index contributed by atoms with van der Waals surface area (Å²) in [6, 6.07) is 5.86. The van der Waals surface area contributed by atoms with Crippen LogP contribution in [0.4, 0.5) is 0 Å². The average Bonchev–Trinajstić information content (AvgIpc) is 2.27. The van der Waals surface area contributed by atoms with Gasteiger partial charge in [0.2, 0.25) is 0 Å². The lowest BCUT2D eigenvalue weighted by atomic mass is 9.98. The largest absolute Gasteiger partial charge is 0.497 e. The average molecular weight is 242 g/mol. The highest BCUT2D eigenvalue weighted by molar-refractivity contribution is 6.31. The summed E-state index contributed by atoms with van der Waals surface area (Å²) in [6.07, 6.45) is 3.21. The van der Waals surface area contributed by atoms with Crippen molar-refractivity contribution in [2.45, 2.75) is 26.2 Å². The van der Waals surface area contributed by atoms with Crippen molar-refractivity contribution in [1.82, 2.24) is 0 Å². The standard InChI is InChI=1S/C13H20ClNO/c1-10(7-8-15)3-4-11-5-6-12(16-2)9-13(11)14/h5-6,9-10H,3-4,7-8,15H2,1-2H3. The number of benzene rings is 1. The zero-order valence-electron chi connectivity index (χ0n) is 10.0. The third-order valence-corrected chi connectivity index (χ3v) is 3.18. The highest BCUT2D eigenvalue weighted by Gasteiger charge is 2.05. The molecule has 90 valence electrons. The van der Waals surface area contributed by atoms with E-state index in [2.05, 4.69) is 6.92 Å². The number of hydrogen-bond donors (Lipinski definition) is 1. The van der Waals surface area contributed by atoms with Crippen LogP contribution in [0.5, 0.6) is 5.75 Å². The predicted octanol–water partition coefficient (Wildman–Crippen LogP) is 3.27. The van der Waals surface area contributed by atoms with E-state index in [1.165, 1.54) is 5.56 Å². The first kappa shape index (κ1) is 13.3. The summed E-state index contributed by atoms with van der Waals surface area (Å²) in [4.78, 5) is 0. The van der Waals surface area contributed by atoms with Crippen molar-refractivity contribution in [2.24, 2.45) is 11.7 Å². The van der Waals surface area contributed by atoms with Crippen LogP contribution in [0.2, 0.25) is 5.02 Å². The lowest BCUT2D eigenvalue weighted by Crippen LogP contribution is -2.06. The van der Waals surface area contributed by atoms with Crippen molar-refractivity contribution >= 4 is 11.6 Å². The fraction of sp³-hybridized carbons (Fsp3) is 0.538. The summed E-state index contributed by atoms with van der Waals surface area (Å²) < 4.78 is 5.11. The number of aryl methyl sites for hydroxylation is 1. The molecule has 1 aromatic carbocycles. The van der Waals surface area contributed by atoms with Crippen LogP contribution >= 0.6 is 11.6 Å². The molecule has 1 aromatic rings. The fourth-order valence-corrected chi connectivity index (χ4v) is 1.95. The fourth-order valence-electron chi connectivity index (χ4n) is 1.69. The molecule has 2 N–H and O–H groups in total. The molecule has 0 spiro atoms. The second-order valence-electron chi connectivity index (χ2n) is 4.18. The minimum absolute atomic E-state index is 0.656. The Morgan fingerprint density at radius 3 is 2.69 bits per heavy atom. The number of rotatable bonds is 6. The van der Waals surface area contributed by atoms with E-state index in [1.807, 2.05) is 18.2 Å². The predicted molar refractivity (Wildman–Crippen MR) is 69.2 cm³/mol. The van der Waals surface area contributed by atoms with Crippen molar-refractivity contribution in [3.8, 4) is 5.75 Å². The zero-order valence-corrected chi connectivity index (χ0v) is 10.8. The van der Waals surface area contributed by atoms with Gasteiger partial charge in [0.05, 0.1) is 7.11 Å². The molecule has 0 fully saturated rings. The van der Waals surface area contributed by atoms with Gasteiger partial charge in [-0.15, -0.1) is 0 Å². The van der Waals surface area contributed by atoms with Crippen LogP contribution in [0.25, 0.3) is 0 Å². The van der Waals surface area contributed by atoms with Crippen molar-refractivity contribution in [2.75, 3.05) is 13.7 Å². The molecule has 0 saturated carbocycles. The maximum atomic E-state index is 6.16. The molecule has 0 bridgehead atoms. The van der Waals surface area contributed by atoms with Crippen molar-refractivity contribution < 1.29 is 4.74 Å². The van der Waals surface area contributed by atoms with Gasteiger partial charge in [-0.1, -0.05) is 24.6 Å². The van der Waals surface area contributed by atoms with Crippen molar-refractivity contribution in [3.05, 3.63) is 28.8 Å². The molecule has 3 heteroatoms. The molecule has 0 aromatic heterocycles. The molecule has 0 aliphatic carbocycles. The molecule has 0 aliphatic heterocycles. The summed E-state index contributed by atoms with van der Waals surface area (Å²) in [5, 5.41) is 0.791. The van der Waals surface area contributed by atoms with Crippen LogP contribution in [0.3, 0.4) is 0 Å². The van der Waals surface area contributed by atoms with Gasteiger partial charge in [-0.2, -0.15) is 0 Å². The molecule has 1 unspecified atom stereocenters. The van der Waals surface area contributed by atoms with E-state index in [9.17, 15) is 0 Å². The van der Waals surface area contributed by atoms with E-state index < -0.39 is 0 Å². The van der Waals surface area contributed by atoms with Gasteiger partial charge in [0, 0.05) is 5.02 Å². The Kier molecular flexibility index (Phi) is 5.64. The van der Waals surface area contributed by atoms with Gasteiger partial charge in [0.25, 0.3) is 0 Å². The Morgan fingerprint density at radius 1 is 1.38 bits per heavy atom. The van der Waals surface area contributed by atoms with Gasteiger partial charge in [-0.25, -0.2) is 0 Å². The van der Waals surface area contributed by atoms with Crippen LogP contribution < -0.4 is 10.5 Å². The van der Waals surface area contributed by atoms with E-state index in [0.717, 1.165) is 36.6 Å². The summed E-state index contributed by atoms with van der Waals surface area (Å²) in [5.74, 6) is 1.46. The lowest BCUT2D eigenvalue weighted by molar-refractivity contribution is 0.414. The molecule has 0 heterocycles. The van der Waals surface area contributed by atoms with Gasteiger partial charge in [0.1, 0.15) is 5.75 Å². The summed E-state index contributed by atoms with van der Waals surface area (Å²) in [7, 11) is 1.65. The quantitative estimate of drug-likeness (QED) is 0.830. The zero-order chi connectivity index (χ0) is 12.0. The maximum absolute atomic E-state index is 6.16. The molecule has 0 saturated heterocycles. The van der Waals surface area contributed by atoms with Gasteiger partial charge in [-0.05, 0) is 49.4 Å². The number of nitrogens with two attached hydrogens (primary N) is 1. The molecule has 1 rings (SSSR count). The molecular weight excluding hydrogens is 222 g/mol. The van der Waals surface area contributed by atoms with Crippen LogP contribution in [0, 0.1) is 5.92 Å². The second kappa shape index (κ2) is 6.77. The Bertz CT molecular complexity index is 328. The molecule has 1 atom stereocenters. The van der Waals surface area contributed by atoms with Crippen molar-refractivity contribution in [3.63, 3.8) is 0 Å². The lowest BCUT2D eigenvalue weighted by Gasteiger charge is -2.11. The summed E-state index contributed by atoms with van der Waals surface area (Å²) in [6.45, 7) is 2.99. The van der Waals surface area contributed by atoms with E-state index in [1.54, 1.807) is 7.11 Å². The van der Waals surface area contributed by atoms with Gasteiger partial charge in [-0.3, -0.25) is 0 Å².